The van der Waals surface area contributed by atoms with Crippen LogP contribution in [0.25, 0.3) is 0 Å². The number of ether oxygens (including phenoxy) is 2. The Morgan fingerprint density at radius 3 is 2.75 bits per heavy atom. The van der Waals surface area contributed by atoms with Crippen LogP contribution in [0.1, 0.15) is 39.6 Å². The van der Waals surface area contributed by atoms with Gasteiger partial charge in [-0.3, -0.25) is 4.79 Å². The van der Waals surface area contributed by atoms with Gasteiger partial charge in [-0.1, -0.05) is 23.8 Å². The van der Waals surface area contributed by atoms with E-state index in [9.17, 15) is 9.90 Å². The lowest BCUT2D eigenvalue weighted by Crippen LogP contribution is -2.26. The molecule has 2 aromatic carbocycles. The van der Waals surface area contributed by atoms with Crippen LogP contribution in [0.2, 0.25) is 0 Å². The van der Waals surface area contributed by atoms with E-state index in [0.717, 1.165) is 16.7 Å². The Morgan fingerprint density at radius 1 is 1.17 bits per heavy atom. The Balaban J connectivity index is 1.55. The summed E-state index contributed by atoms with van der Waals surface area (Å²) in [6.07, 6.45) is -0.241. The molecule has 0 aromatic heterocycles. The van der Waals surface area contributed by atoms with Crippen molar-refractivity contribution in [3.8, 4) is 11.5 Å². The summed E-state index contributed by atoms with van der Waals surface area (Å²) in [4.78, 5) is 12.2. The van der Waals surface area contributed by atoms with Gasteiger partial charge in [-0.25, -0.2) is 0 Å². The molecule has 24 heavy (non-hydrogen) atoms. The van der Waals surface area contributed by atoms with Crippen LogP contribution in [0.4, 0.5) is 0 Å². The minimum absolute atomic E-state index is 0.120. The number of carbonyl (C=O) groups excluding carboxylic acids is 1. The number of carbonyl (C=O) groups is 1. The Morgan fingerprint density at radius 2 is 1.96 bits per heavy atom. The molecule has 1 amide bonds. The van der Waals surface area contributed by atoms with Crippen molar-refractivity contribution >= 4 is 5.91 Å². The molecule has 1 unspecified atom stereocenters. The molecule has 1 atom stereocenters. The molecule has 1 aliphatic heterocycles. The summed E-state index contributed by atoms with van der Waals surface area (Å²) >= 11 is 0. The van der Waals surface area contributed by atoms with Crippen molar-refractivity contribution in [2.24, 2.45) is 0 Å². The van der Waals surface area contributed by atoms with Gasteiger partial charge < -0.3 is 19.9 Å². The predicted molar refractivity (Wildman–Crippen MR) is 90.4 cm³/mol. The summed E-state index contributed by atoms with van der Waals surface area (Å²) in [5.74, 6) is 1.21. The molecule has 1 aliphatic rings. The zero-order chi connectivity index (χ0) is 17.1. The van der Waals surface area contributed by atoms with Crippen LogP contribution in [0, 0.1) is 13.8 Å². The first-order valence-electron chi connectivity index (χ1n) is 7.97. The number of nitrogens with one attached hydrogen (secondary N) is 1. The van der Waals surface area contributed by atoms with Gasteiger partial charge in [0.1, 0.15) is 0 Å². The lowest BCUT2D eigenvalue weighted by Gasteiger charge is -2.13. The van der Waals surface area contributed by atoms with Gasteiger partial charge in [0, 0.05) is 12.1 Å². The number of amides is 1. The van der Waals surface area contributed by atoms with Crippen molar-refractivity contribution in [2.75, 3.05) is 13.3 Å². The molecule has 1 heterocycles. The zero-order valence-electron chi connectivity index (χ0n) is 13.8. The van der Waals surface area contributed by atoms with E-state index in [2.05, 4.69) is 5.32 Å². The Kier molecular flexibility index (Phi) is 4.71. The second-order valence-electron chi connectivity index (χ2n) is 5.99. The molecule has 0 bridgehead atoms. The summed E-state index contributed by atoms with van der Waals surface area (Å²) in [5.41, 5.74) is 3.49. The number of hydrogen-bond donors (Lipinski definition) is 2. The highest BCUT2D eigenvalue weighted by molar-refractivity contribution is 5.95. The summed E-state index contributed by atoms with van der Waals surface area (Å²) in [6.45, 7) is 4.52. The molecule has 0 radical (unpaired) electrons. The lowest BCUT2D eigenvalue weighted by molar-refractivity contribution is 0.0942. The van der Waals surface area contributed by atoms with Gasteiger partial charge in [0.25, 0.3) is 5.91 Å². The summed E-state index contributed by atoms with van der Waals surface area (Å²) in [5, 5.41) is 13.1. The van der Waals surface area contributed by atoms with Crippen LogP contribution in [0.5, 0.6) is 11.5 Å². The molecule has 5 nitrogen and oxygen atoms in total. The van der Waals surface area contributed by atoms with Gasteiger partial charge in [0.05, 0.1) is 6.10 Å². The molecule has 0 saturated heterocycles. The van der Waals surface area contributed by atoms with Crippen molar-refractivity contribution in [1.82, 2.24) is 5.32 Å². The minimum Gasteiger partial charge on any atom is -0.454 e. The first-order chi connectivity index (χ1) is 11.5. The predicted octanol–water partition coefficient (Wildman–Crippen LogP) is 2.89. The maximum Gasteiger partial charge on any atom is 0.251 e. The number of aryl methyl sites for hydroxylation is 2. The quantitative estimate of drug-likeness (QED) is 0.886. The molecule has 2 aromatic rings. The molecule has 0 saturated carbocycles. The first kappa shape index (κ1) is 16.3. The van der Waals surface area contributed by atoms with Crippen molar-refractivity contribution in [1.29, 1.82) is 0 Å². The minimum atomic E-state index is -0.668. The number of aliphatic hydroxyl groups is 1. The maximum absolute atomic E-state index is 12.2. The SMILES string of the molecule is Cc1ccc(C(=O)NCCC(O)c2ccc3c(c2)OCO3)c(C)c1. The molecule has 0 fully saturated rings. The monoisotopic (exact) mass is 327 g/mol. The van der Waals surface area contributed by atoms with Gasteiger partial charge in [-0.15, -0.1) is 0 Å². The van der Waals surface area contributed by atoms with Crippen molar-refractivity contribution in [3.63, 3.8) is 0 Å². The van der Waals surface area contributed by atoms with E-state index in [4.69, 9.17) is 9.47 Å². The van der Waals surface area contributed by atoms with E-state index in [0.29, 0.717) is 30.0 Å². The maximum atomic E-state index is 12.2. The molecular formula is C19H21NO4. The number of aliphatic hydroxyl groups excluding tert-OH is 1. The van der Waals surface area contributed by atoms with Crippen molar-refractivity contribution in [2.45, 2.75) is 26.4 Å². The molecule has 126 valence electrons. The number of rotatable bonds is 5. The average Bonchev–Trinajstić information content (AvgIpc) is 3.02. The van der Waals surface area contributed by atoms with Crippen LogP contribution in [-0.4, -0.2) is 24.4 Å². The van der Waals surface area contributed by atoms with Crippen LogP contribution in [-0.2, 0) is 0 Å². The van der Waals surface area contributed by atoms with Crippen LogP contribution in [0.3, 0.4) is 0 Å². The van der Waals surface area contributed by atoms with Crippen LogP contribution in [0.15, 0.2) is 36.4 Å². The van der Waals surface area contributed by atoms with Crippen LogP contribution >= 0.6 is 0 Å². The second-order valence-corrected chi connectivity index (χ2v) is 5.99. The van der Waals surface area contributed by atoms with Gasteiger partial charge in [-0.2, -0.15) is 0 Å². The Bertz CT molecular complexity index is 757. The van der Waals surface area contributed by atoms with Gasteiger partial charge in [0.2, 0.25) is 6.79 Å². The van der Waals surface area contributed by atoms with E-state index < -0.39 is 6.10 Å². The smallest absolute Gasteiger partial charge is 0.251 e. The molecule has 5 heteroatoms. The number of hydrogen-bond acceptors (Lipinski definition) is 4. The van der Waals surface area contributed by atoms with E-state index in [1.165, 1.54) is 0 Å². The zero-order valence-corrected chi connectivity index (χ0v) is 13.8. The van der Waals surface area contributed by atoms with Gasteiger partial charge >= 0.3 is 0 Å². The number of benzene rings is 2. The lowest BCUT2D eigenvalue weighted by atomic mass is 10.0. The fraction of sp³-hybridized carbons (Fsp3) is 0.316. The Labute approximate surface area is 141 Å². The highest BCUT2D eigenvalue weighted by Crippen LogP contribution is 2.34. The summed E-state index contributed by atoms with van der Waals surface area (Å²) in [7, 11) is 0. The Hall–Kier alpha value is -2.53. The highest BCUT2D eigenvalue weighted by Gasteiger charge is 2.17. The fourth-order valence-corrected chi connectivity index (χ4v) is 2.77. The highest BCUT2D eigenvalue weighted by atomic mass is 16.7. The third-order valence-corrected chi connectivity index (χ3v) is 4.11. The van der Waals surface area contributed by atoms with Crippen molar-refractivity contribution < 1.29 is 19.4 Å². The van der Waals surface area contributed by atoms with Gasteiger partial charge in [-0.05, 0) is 49.6 Å². The van der Waals surface area contributed by atoms with Crippen molar-refractivity contribution in [3.05, 3.63) is 58.7 Å². The standard InChI is InChI=1S/C19H21NO4/c1-12-3-5-15(13(2)9-12)19(22)20-8-7-16(21)14-4-6-17-18(10-14)24-11-23-17/h3-6,9-10,16,21H,7-8,11H2,1-2H3,(H,20,22). The second kappa shape index (κ2) is 6.93. The molecule has 2 N–H and O–H groups in total. The first-order valence-corrected chi connectivity index (χ1v) is 7.97. The molecular weight excluding hydrogens is 306 g/mol. The summed E-state index contributed by atoms with van der Waals surface area (Å²) < 4.78 is 10.6. The molecule has 0 aliphatic carbocycles. The number of fused-ring (bicyclic) bond motifs is 1. The van der Waals surface area contributed by atoms with E-state index in [1.807, 2.05) is 38.1 Å². The average molecular weight is 327 g/mol. The van der Waals surface area contributed by atoms with E-state index >= 15 is 0 Å². The molecule has 3 rings (SSSR count). The van der Waals surface area contributed by atoms with Gasteiger partial charge in [0.15, 0.2) is 11.5 Å². The van der Waals surface area contributed by atoms with Crippen LogP contribution < -0.4 is 14.8 Å². The fourth-order valence-electron chi connectivity index (χ4n) is 2.77. The topological polar surface area (TPSA) is 67.8 Å². The molecule has 0 spiro atoms. The largest absolute Gasteiger partial charge is 0.454 e. The summed E-state index contributed by atoms with van der Waals surface area (Å²) in [6, 6.07) is 11.1. The van der Waals surface area contributed by atoms with E-state index in [1.54, 1.807) is 12.1 Å². The normalized spacial score (nSPS) is 13.6. The third kappa shape index (κ3) is 3.51. The van der Waals surface area contributed by atoms with E-state index in [-0.39, 0.29) is 12.7 Å². The third-order valence-electron chi connectivity index (χ3n) is 4.11.